The first kappa shape index (κ1) is 104. The molecule has 0 N–H and O–H groups in total. The Balaban J connectivity index is 0.000000215. The van der Waals surface area contributed by atoms with Gasteiger partial charge in [-0.1, -0.05) is 41.5 Å². The van der Waals surface area contributed by atoms with Crippen LogP contribution in [0.1, 0.15) is 329 Å². The fourth-order valence-electron chi connectivity index (χ4n) is 16.3. The summed E-state index contributed by atoms with van der Waals surface area (Å²) >= 11 is 0. The molecule has 10 bridgehead atoms. The normalized spacial score (nSPS) is 30.4. The standard InChI is InChI=1S/C21H30O8.C19H30O6.2C18H28O6.C17H26O6/c1-5-20(2,3)19(25)27-9-8-26-14(22)6-7-15(23)28-17-16-12-10-21(17,4)11-13(12)18(24)29-16;1-8-16(2,3)14(21)24-17(4,5)15(22)25-18(6)10-9-12-11-19(18,7)23-13(12)20;1-7-16(2,3)14(20)23-17(4,5)15(21)24-18(6)9-8-11-10-12(18)22-13(11)19;1-7-16(2,3)14(20)24-17(4,5)15(21)22-12-9-8-11-10-18(12,6)23-13(11)19;1-6-16(2,3)14(19)23-17(4,5)15(20)22-11-8-7-10-9-12(11)21-13(10)18/h12-13,16-17H,5-11H2,1-4H3;12H,8-11H2,1-7H3;2*11-12H,7-10H2,1-6H3;10-12H,6-9H2,1-5H3. The van der Waals surface area contributed by atoms with E-state index in [0.29, 0.717) is 116 Å². The van der Waals surface area contributed by atoms with Crippen molar-refractivity contribution in [1.82, 2.24) is 0 Å². The lowest BCUT2D eigenvalue weighted by Crippen LogP contribution is -2.57. The first-order valence-electron chi connectivity index (χ1n) is 44.6. The lowest BCUT2D eigenvalue weighted by molar-refractivity contribution is -0.215. The first-order chi connectivity index (χ1) is 57.2. The maximum Gasteiger partial charge on any atom is 0.350 e. The molecule has 17 unspecified atom stereocenters. The maximum absolute atomic E-state index is 12.7. The summed E-state index contributed by atoms with van der Waals surface area (Å²) in [6.45, 7) is 48.5. The Morgan fingerprint density at radius 2 is 0.816 bits per heavy atom. The molecule has 0 aromatic heterocycles. The number of rotatable bonds is 29. The smallest absolute Gasteiger partial charge is 0.350 e. The number of fused-ring (bicyclic) bond motifs is 9. The fraction of sp³-hybridized carbons (Fsp3) is 0.828. The molecule has 5 heterocycles. The summed E-state index contributed by atoms with van der Waals surface area (Å²) in [7, 11) is 0. The van der Waals surface area contributed by atoms with Crippen molar-refractivity contribution in [3.63, 3.8) is 0 Å². The molecule has 32 heteroatoms. The molecule has 0 aromatic carbocycles. The Kier molecular flexibility index (Phi) is 31.9. The van der Waals surface area contributed by atoms with Crippen molar-refractivity contribution in [2.75, 3.05) is 13.2 Å². The van der Waals surface area contributed by atoms with E-state index in [1.54, 1.807) is 96.9 Å². The molecule has 11 fully saturated rings. The second kappa shape index (κ2) is 38.4. The number of ether oxygens (including phenoxy) is 16. The summed E-state index contributed by atoms with van der Waals surface area (Å²) in [6, 6.07) is 0. The third-order valence-corrected chi connectivity index (χ3v) is 28.2. The molecule has 5 aliphatic heterocycles. The van der Waals surface area contributed by atoms with E-state index < -0.39 is 156 Å². The third kappa shape index (κ3) is 23.9. The predicted molar refractivity (Wildman–Crippen MR) is 443 cm³/mol. The lowest BCUT2D eigenvalue weighted by atomic mass is 9.71. The highest BCUT2D eigenvalue weighted by Gasteiger charge is 2.69. The Hall–Kier alpha value is -8.48. The number of esters is 16. The van der Waals surface area contributed by atoms with Crippen molar-refractivity contribution in [1.29, 1.82) is 0 Å². The largest absolute Gasteiger partial charge is 0.462 e. The molecule has 11 rings (SSSR count). The molecule has 32 nitrogen and oxygen atoms in total. The van der Waals surface area contributed by atoms with Crippen molar-refractivity contribution < 1.29 is 153 Å². The molecule has 6 aliphatic carbocycles. The summed E-state index contributed by atoms with van der Waals surface area (Å²) in [4.78, 5) is 194. The summed E-state index contributed by atoms with van der Waals surface area (Å²) in [5.41, 5.74) is -12.5. The molecule has 0 amide bonds. The molecule has 11 aliphatic rings. The van der Waals surface area contributed by atoms with Gasteiger partial charge in [0.15, 0.2) is 0 Å². The zero-order valence-electron chi connectivity index (χ0n) is 79.3. The van der Waals surface area contributed by atoms with Crippen LogP contribution in [0, 0.1) is 68.0 Å². The minimum absolute atomic E-state index is 0.0194. The van der Waals surface area contributed by atoms with E-state index in [1.807, 2.05) is 41.5 Å². The van der Waals surface area contributed by atoms with Crippen LogP contribution < -0.4 is 0 Å². The molecular weight excluding hydrogens is 1630 g/mol. The second-order valence-corrected chi connectivity index (χ2v) is 42.1. The topological polar surface area (TPSA) is 421 Å². The summed E-state index contributed by atoms with van der Waals surface area (Å²) in [6.07, 6.45) is 8.90. The highest BCUT2D eigenvalue weighted by atomic mass is 16.7. The van der Waals surface area contributed by atoms with Gasteiger partial charge in [-0.2, -0.15) is 0 Å². The van der Waals surface area contributed by atoms with Gasteiger partial charge in [-0.25, -0.2) is 19.2 Å². The molecule has 17 atom stereocenters. The SMILES string of the molecule is CCC(C)(C)C(=O)OC(C)(C)C(=O)OC1(C)CCC2CC1(C)OC2=O.CCC(C)(C)C(=O)OC(C)(C)C(=O)OC1(C)CCC2CC1OC2=O.CCC(C)(C)C(=O)OC(C)(C)C(=O)OC1CCC2CC1(C)OC2=O.CCC(C)(C)C(=O)OC(C)(C)C(=O)OC1CCC2CC1OC2=O.CCC(C)(C)C(=O)OCCOC(=O)CCC(=O)OC1C2OC(=O)C3CC1(C)CC32. The van der Waals surface area contributed by atoms with Crippen molar-refractivity contribution in [2.24, 2.45) is 68.0 Å². The van der Waals surface area contributed by atoms with Crippen LogP contribution in [0.5, 0.6) is 0 Å². The van der Waals surface area contributed by atoms with Crippen LogP contribution in [0.3, 0.4) is 0 Å². The summed E-state index contributed by atoms with van der Waals surface area (Å²) in [5, 5.41) is 0. The summed E-state index contributed by atoms with van der Waals surface area (Å²) in [5.74, 6) is -6.95. The van der Waals surface area contributed by atoms with E-state index in [1.165, 1.54) is 55.4 Å². The van der Waals surface area contributed by atoms with Gasteiger partial charge >= 0.3 is 95.5 Å². The van der Waals surface area contributed by atoms with Gasteiger partial charge in [-0.3, -0.25) is 57.5 Å². The molecule has 6 saturated carbocycles. The fourth-order valence-corrected chi connectivity index (χ4v) is 16.3. The van der Waals surface area contributed by atoms with Gasteiger partial charge in [0, 0.05) is 37.0 Å². The van der Waals surface area contributed by atoms with Crippen molar-refractivity contribution >= 4 is 95.5 Å². The highest BCUT2D eigenvalue weighted by molar-refractivity contribution is 5.89. The quantitative estimate of drug-likeness (QED) is 0.0381. The van der Waals surface area contributed by atoms with E-state index in [4.69, 9.17) is 75.8 Å². The van der Waals surface area contributed by atoms with Crippen LogP contribution in [0.2, 0.25) is 0 Å². The molecule has 0 aromatic rings. The Morgan fingerprint density at radius 1 is 0.384 bits per heavy atom. The van der Waals surface area contributed by atoms with E-state index in [2.05, 4.69) is 0 Å². The Labute approximate surface area is 736 Å². The molecule has 0 spiro atoms. The van der Waals surface area contributed by atoms with E-state index in [0.717, 1.165) is 6.42 Å². The number of carbonyl (C=O) groups excluding carboxylic acids is 16. The molecule has 125 heavy (non-hydrogen) atoms. The molecule has 0 radical (unpaired) electrons. The first-order valence-corrected chi connectivity index (χ1v) is 44.6. The van der Waals surface area contributed by atoms with Gasteiger partial charge in [0.2, 0.25) is 22.4 Å². The van der Waals surface area contributed by atoms with Crippen LogP contribution in [0.15, 0.2) is 0 Å². The van der Waals surface area contributed by atoms with Crippen LogP contribution >= 0.6 is 0 Å². The zero-order valence-corrected chi connectivity index (χ0v) is 79.3. The van der Waals surface area contributed by atoms with Gasteiger partial charge < -0.3 is 75.8 Å². The average Bonchev–Trinajstić information content (AvgIpc) is 1.54. The Morgan fingerprint density at radius 3 is 1.34 bits per heavy atom. The van der Waals surface area contributed by atoms with E-state index >= 15 is 0 Å². The lowest BCUT2D eigenvalue weighted by Gasteiger charge is -2.45. The average molecular weight is 1770 g/mol. The van der Waals surface area contributed by atoms with Crippen LogP contribution in [0.25, 0.3) is 0 Å². The van der Waals surface area contributed by atoms with Crippen molar-refractivity contribution in [2.45, 2.75) is 410 Å². The zero-order chi connectivity index (χ0) is 94.7. The maximum atomic E-state index is 12.7. The van der Waals surface area contributed by atoms with Crippen molar-refractivity contribution in [3.8, 4) is 0 Å². The predicted octanol–water partition coefficient (Wildman–Crippen LogP) is 13.3. The van der Waals surface area contributed by atoms with Crippen molar-refractivity contribution in [3.05, 3.63) is 0 Å². The minimum atomic E-state index is -1.41. The summed E-state index contributed by atoms with van der Waals surface area (Å²) < 4.78 is 86.8. The van der Waals surface area contributed by atoms with Gasteiger partial charge in [0.05, 0.1) is 69.5 Å². The van der Waals surface area contributed by atoms with Gasteiger partial charge in [0.1, 0.15) is 72.2 Å². The van der Waals surface area contributed by atoms with E-state index in [-0.39, 0.29) is 115 Å². The van der Waals surface area contributed by atoms with Crippen LogP contribution in [-0.2, 0) is 153 Å². The monoisotopic (exact) mass is 1770 g/mol. The third-order valence-electron chi connectivity index (χ3n) is 28.2. The number of carbonyl (C=O) groups is 16. The molecule has 5 saturated heterocycles. The van der Waals surface area contributed by atoms with Gasteiger partial charge in [-0.05, 0) is 249 Å². The van der Waals surface area contributed by atoms with Gasteiger partial charge in [0.25, 0.3) is 0 Å². The highest BCUT2D eigenvalue weighted by Crippen LogP contribution is 2.62. The molecule has 706 valence electrons. The van der Waals surface area contributed by atoms with Gasteiger partial charge in [-0.15, -0.1) is 0 Å². The Bertz CT molecular complexity index is 4080. The second-order valence-electron chi connectivity index (χ2n) is 42.1. The van der Waals surface area contributed by atoms with Crippen LogP contribution in [-0.4, -0.2) is 190 Å². The number of hydrogen-bond donors (Lipinski definition) is 0. The minimum Gasteiger partial charge on any atom is -0.462 e. The van der Waals surface area contributed by atoms with Crippen LogP contribution in [0.4, 0.5) is 0 Å². The molecular formula is C93H142O32. The van der Waals surface area contributed by atoms with E-state index in [9.17, 15) is 76.7 Å². The number of hydrogen-bond acceptors (Lipinski definition) is 32.